The second-order valence-electron chi connectivity index (χ2n) is 6.44. The summed E-state index contributed by atoms with van der Waals surface area (Å²) in [5.41, 5.74) is -0.514. The molecule has 1 amide bonds. The third-order valence-electron chi connectivity index (χ3n) is 3.16. The van der Waals surface area contributed by atoms with Gasteiger partial charge in [0.1, 0.15) is 5.60 Å². The van der Waals surface area contributed by atoms with Crippen molar-refractivity contribution in [1.29, 1.82) is 0 Å². The van der Waals surface area contributed by atoms with Gasteiger partial charge in [-0.1, -0.05) is 0 Å². The first-order chi connectivity index (χ1) is 9.57. The molecule has 1 N–H and O–H groups in total. The number of nitrogens with one attached hydrogen (secondary N) is 1. The molecule has 1 aliphatic rings. The topological polar surface area (TPSA) is 41.6 Å². The molecule has 0 aliphatic carbocycles. The van der Waals surface area contributed by atoms with Gasteiger partial charge in [-0.3, -0.25) is 0 Å². The molecule has 1 rings (SSSR count). The van der Waals surface area contributed by atoms with Gasteiger partial charge >= 0.3 is 12.3 Å². The van der Waals surface area contributed by atoms with E-state index in [0.717, 1.165) is 6.42 Å². The summed E-state index contributed by atoms with van der Waals surface area (Å²) in [5.74, 6) is 0. The van der Waals surface area contributed by atoms with Gasteiger partial charge in [0.25, 0.3) is 0 Å². The third kappa shape index (κ3) is 8.14. The normalized spacial score (nSPS) is 19.9. The van der Waals surface area contributed by atoms with E-state index < -0.39 is 18.2 Å². The van der Waals surface area contributed by atoms with Gasteiger partial charge in [0, 0.05) is 25.6 Å². The Balaban J connectivity index is 2.16. The number of carbonyl (C=O) groups is 1. The zero-order valence-corrected chi connectivity index (χ0v) is 12.9. The van der Waals surface area contributed by atoms with E-state index in [0.29, 0.717) is 26.1 Å². The highest BCUT2D eigenvalue weighted by Crippen LogP contribution is 2.22. The summed E-state index contributed by atoms with van der Waals surface area (Å²) >= 11 is 0. The molecular weight excluding hydrogens is 285 g/mol. The number of rotatable bonds is 5. The molecule has 0 aromatic rings. The molecule has 1 heterocycles. The van der Waals surface area contributed by atoms with Crippen LogP contribution in [0.2, 0.25) is 0 Å². The van der Waals surface area contributed by atoms with Gasteiger partial charge in [-0.25, -0.2) is 4.79 Å². The number of amides is 1. The van der Waals surface area contributed by atoms with Gasteiger partial charge in [-0.15, -0.1) is 0 Å². The van der Waals surface area contributed by atoms with Crippen molar-refractivity contribution in [2.24, 2.45) is 0 Å². The molecule has 21 heavy (non-hydrogen) atoms. The molecule has 7 heteroatoms. The average Bonchev–Trinajstić information content (AvgIpc) is 2.73. The number of likely N-dealkylation sites (tertiary alicyclic amines) is 1. The Morgan fingerprint density at radius 3 is 2.52 bits per heavy atom. The molecule has 1 atom stereocenters. The minimum absolute atomic E-state index is 0.138. The molecule has 0 aromatic heterocycles. The lowest BCUT2D eigenvalue weighted by atomic mass is 10.2. The average molecular weight is 310 g/mol. The molecule has 1 saturated heterocycles. The van der Waals surface area contributed by atoms with Crippen molar-refractivity contribution in [3.63, 3.8) is 0 Å². The molecule has 0 radical (unpaired) electrons. The minimum atomic E-state index is -4.07. The van der Waals surface area contributed by atoms with Crippen LogP contribution in [0, 0.1) is 0 Å². The van der Waals surface area contributed by atoms with Crippen molar-refractivity contribution in [1.82, 2.24) is 10.2 Å². The number of halogens is 3. The second kappa shape index (κ2) is 7.33. The minimum Gasteiger partial charge on any atom is -0.444 e. The molecule has 0 bridgehead atoms. The van der Waals surface area contributed by atoms with E-state index in [1.807, 2.05) is 20.8 Å². The monoisotopic (exact) mass is 310 g/mol. The zero-order valence-electron chi connectivity index (χ0n) is 12.9. The Morgan fingerprint density at radius 2 is 1.95 bits per heavy atom. The lowest BCUT2D eigenvalue weighted by molar-refractivity contribution is -0.135. The van der Waals surface area contributed by atoms with Gasteiger partial charge in [0.2, 0.25) is 0 Å². The van der Waals surface area contributed by atoms with Crippen LogP contribution in [0.5, 0.6) is 0 Å². The molecule has 0 aromatic carbocycles. The highest BCUT2D eigenvalue weighted by molar-refractivity contribution is 5.68. The SMILES string of the molecule is CC(C)(C)OC(=O)N1CCC(NCCCCC(F)(F)F)C1. The van der Waals surface area contributed by atoms with Crippen molar-refractivity contribution in [3.8, 4) is 0 Å². The molecule has 1 fully saturated rings. The predicted molar refractivity (Wildman–Crippen MR) is 74.1 cm³/mol. The van der Waals surface area contributed by atoms with Gasteiger partial charge in [-0.2, -0.15) is 13.2 Å². The van der Waals surface area contributed by atoms with Crippen LogP contribution in [-0.4, -0.2) is 48.4 Å². The summed E-state index contributed by atoms with van der Waals surface area (Å²) in [6, 6.07) is 0.142. The number of hydrogen-bond donors (Lipinski definition) is 1. The number of hydrogen-bond acceptors (Lipinski definition) is 3. The van der Waals surface area contributed by atoms with E-state index in [9.17, 15) is 18.0 Å². The van der Waals surface area contributed by atoms with E-state index in [1.54, 1.807) is 4.90 Å². The van der Waals surface area contributed by atoms with E-state index in [-0.39, 0.29) is 18.6 Å². The standard InChI is InChI=1S/C14H25F3N2O2/c1-13(2,3)21-12(20)19-9-6-11(10-19)18-8-5-4-7-14(15,16)17/h11,18H,4-10H2,1-3H3. The maximum Gasteiger partial charge on any atom is 0.410 e. The van der Waals surface area contributed by atoms with Crippen molar-refractivity contribution in [2.45, 2.75) is 64.3 Å². The number of nitrogens with zero attached hydrogens (tertiary/aromatic N) is 1. The van der Waals surface area contributed by atoms with Gasteiger partial charge < -0.3 is 15.0 Å². The number of alkyl halides is 3. The summed E-state index contributed by atoms with van der Waals surface area (Å²) < 4.78 is 41.2. The summed E-state index contributed by atoms with van der Waals surface area (Å²) in [6.45, 7) is 7.16. The quantitative estimate of drug-likeness (QED) is 0.792. The highest BCUT2D eigenvalue weighted by atomic mass is 19.4. The van der Waals surface area contributed by atoms with E-state index in [1.165, 1.54) is 0 Å². The smallest absolute Gasteiger partial charge is 0.410 e. The Bertz CT molecular complexity index is 340. The number of carbonyl (C=O) groups excluding carboxylic acids is 1. The maximum atomic E-state index is 12.0. The maximum absolute atomic E-state index is 12.0. The number of ether oxygens (including phenoxy) is 1. The van der Waals surface area contributed by atoms with Gasteiger partial charge in [0.15, 0.2) is 0 Å². The third-order valence-corrected chi connectivity index (χ3v) is 3.16. The van der Waals surface area contributed by atoms with E-state index in [2.05, 4.69) is 5.32 Å². The van der Waals surface area contributed by atoms with Crippen molar-refractivity contribution in [2.75, 3.05) is 19.6 Å². The summed E-state index contributed by atoms with van der Waals surface area (Å²) in [4.78, 5) is 13.5. The first kappa shape index (κ1) is 18.1. The fourth-order valence-electron chi connectivity index (χ4n) is 2.18. The van der Waals surface area contributed by atoms with Crippen molar-refractivity contribution in [3.05, 3.63) is 0 Å². The number of unbranched alkanes of at least 4 members (excludes halogenated alkanes) is 1. The summed E-state index contributed by atoms with van der Waals surface area (Å²) in [7, 11) is 0. The zero-order chi connectivity index (χ0) is 16.1. The Labute approximate surface area is 124 Å². The van der Waals surface area contributed by atoms with Crippen LogP contribution >= 0.6 is 0 Å². The van der Waals surface area contributed by atoms with Crippen LogP contribution in [-0.2, 0) is 4.74 Å². The summed E-state index contributed by atoms with van der Waals surface area (Å²) in [6.07, 6.45) is -3.70. The Hall–Kier alpha value is -0.980. The largest absolute Gasteiger partial charge is 0.444 e. The highest BCUT2D eigenvalue weighted by Gasteiger charge is 2.29. The lowest BCUT2D eigenvalue weighted by Gasteiger charge is -2.24. The van der Waals surface area contributed by atoms with E-state index in [4.69, 9.17) is 4.74 Å². The van der Waals surface area contributed by atoms with Crippen LogP contribution in [0.25, 0.3) is 0 Å². The van der Waals surface area contributed by atoms with Crippen LogP contribution < -0.4 is 5.32 Å². The van der Waals surface area contributed by atoms with Crippen LogP contribution in [0.4, 0.5) is 18.0 Å². The van der Waals surface area contributed by atoms with Crippen LogP contribution in [0.15, 0.2) is 0 Å². The molecule has 0 saturated carbocycles. The van der Waals surface area contributed by atoms with E-state index >= 15 is 0 Å². The van der Waals surface area contributed by atoms with Gasteiger partial charge in [-0.05, 0) is 46.6 Å². The molecule has 1 aliphatic heterocycles. The fourth-order valence-corrected chi connectivity index (χ4v) is 2.18. The molecule has 4 nitrogen and oxygen atoms in total. The molecule has 1 unspecified atom stereocenters. The Kier molecular flexibility index (Phi) is 6.31. The fraction of sp³-hybridized carbons (Fsp3) is 0.929. The van der Waals surface area contributed by atoms with Crippen molar-refractivity contribution >= 4 is 6.09 Å². The van der Waals surface area contributed by atoms with Crippen LogP contribution in [0.1, 0.15) is 46.5 Å². The summed E-state index contributed by atoms with van der Waals surface area (Å²) in [5, 5.41) is 3.20. The molecular formula is C14H25F3N2O2. The van der Waals surface area contributed by atoms with Crippen molar-refractivity contribution < 1.29 is 22.7 Å². The first-order valence-electron chi connectivity index (χ1n) is 7.35. The lowest BCUT2D eigenvalue weighted by Crippen LogP contribution is -2.38. The second-order valence-corrected chi connectivity index (χ2v) is 6.44. The van der Waals surface area contributed by atoms with Crippen LogP contribution in [0.3, 0.4) is 0 Å². The predicted octanol–water partition coefficient (Wildman–Crippen LogP) is 3.32. The molecule has 0 spiro atoms. The van der Waals surface area contributed by atoms with Gasteiger partial charge in [0.05, 0.1) is 0 Å². The molecule has 124 valence electrons. The first-order valence-corrected chi connectivity index (χ1v) is 7.35. The Morgan fingerprint density at radius 1 is 1.29 bits per heavy atom.